The number of hydrogen-bond donors (Lipinski definition) is 2. The van der Waals surface area contributed by atoms with Gasteiger partial charge in [-0.05, 0) is 55.8 Å². The van der Waals surface area contributed by atoms with Crippen LogP contribution >= 0.6 is 0 Å². The van der Waals surface area contributed by atoms with Crippen molar-refractivity contribution < 1.29 is 9.59 Å². The standard InChI is InChI=1S/C22H26N4O2/c27-21(19-9-3-1-4-10-19)25-20(16-18-8-7-11-23-17-18)22(28)24-12-15-26-13-5-2-6-14-26/h1,3-4,7-11,16-17H,2,5-6,12-15H2,(H,24,28)(H,25,27). The average molecular weight is 378 g/mol. The smallest absolute Gasteiger partial charge is 0.267 e. The van der Waals surface area contributed by atoms with Gasteiger partial charge in [0.05, 0.1) is 0 Å². The fraction of sp³-hybridized carbons (Fsp3) is 0.318. The molecule has 1 saturated heterocycles. The molecule has 1 aromatic carbocycles. The highest BCUT2D eigenvalue weighted by atomic mass is 16.2. The quantitative estimate of drug-likeness (QED) is 0.726. The number of likely N-dealkylation sites (tertiary alicyclic amines) is 1. The summed E-state index contributed by atoms with van der Waals surface area (Å²) in [5.41, 5.74) is 1.46. The number of benzene rings is 1. The second-order valence-corrected chi connectivity index (χ2v) is 6.82. The van der Waals surface area contributed by atoms with Gasteiger partial charge in [0, 0.05) is 31.0 Å². The third-order valence-corrected chi connectivity index (χ3v) is 4.69. The number of aromatic nitrogens is 1. The van der Waals surface area contributed by atoms with Gasteiger partial charge in [0.25, 0.3) is 11.8 Å². The van der Waals surface area contributed by atoms with Gasteiger partial charge in [0.15, 0.2) is 0 Å². The molecular weight excluding hydrogens is 352 g/mol. The molecule has 0 unspecified atom stereocenters. The summed E-state index contributed by atoms with van der Waals surface area (Å²) in [6, 6.07) is 12.5. The molecule has 6 nitrogen and oxygen atoms in total. The Labute approximate surface area is 165 Å². The van der Waals surface area contributed by atoms with Gasteiger partial charge in [-0.1, -0.05) is 30.7 Å². The molecule has 2 amide bonds. The average Bonchev–Trinajstić information content (AvgIpc) is 2.75. The Hall–Kier alpha value is -2.99. The lowest BCUT2D eigenvalue weighted by Crippen LogP contribution is -2.40. The number of hydrogen-bond acceptors (Lipinski definition) is 4. The first-order chi connectivity index (χ1) is 13.7. The van der Waals surface area contributed by atoms with Crippen molar-refractivity contribution in [3.8, 4) is 0 Å². The zero-order valence-corrected chi connectivity index (χ0v) is 15.9. The monoisotopic (exact) mass is 378 g/mol. The van der Waals surface area contributed by atoms with Crippen LogP contribution in [0.5, 0.6) is 0 Å². The Morgan fingerprint density at radius 3 is 2.54 bits per heavy atom. The Morgan fingerprint density at radius 1 is 1.04 bits per heavy atom. The van der Waals surface area contributed by atoms with Gasteiger partial charge >= 0.3 is 0 Å². The van der Waals surface area contributed by atoms with Crippen molar-refractivity contribution in [2.75, 3.05) is 26.2 Å². The predicted octanol–water partition coefficient (Wildman–Crippen LogP) is 2.45. The van der Waals surface area contributed by atoms with E-state index in [2.05, 4.69) is 20.5 Å². The Kier molecular flexibility index (Phi) is 7.32. The number of pyridine rings is 1. The summed E-state index contributed by atoms with van der Waals surface area (Å²) in [4.78, 5) is 31.7. The Morgan fingerprint density at radius 2 is 1.82 bits per heavy atom. The largest absolute Gasteiger partial charge is 0.349 e. The normalized spacial score (nSPS) is 15.1. The van der Waals surface area contributed by atoms with Crippen molar-refractivity contribution in [3.05, 3.63) is 71.7 Å². The molecule has 6 heteroatoms. The van der Waals surface area contributed by atoms with E-state index in [0.717, 1.165) is 25.2 Å². The van der Waals surface area contributed by atoms with Crippen molar-refractivity contribution in [3.63, 3.8) is 0 Å². The van der Waals surface area contributed by atoms with Crippen molar-refractivity contribution >= 4 is 17.9 Å². The molecule has 2 aromatic rings. The SMILES string of the molecule is O=C(NCCN1CCCCC1)C(=Cc1cccnc1)NC(=O)c1ccccc1. The molecule has 28 heavy (non-hydrogen) atoms. The maximum Gasteiger partial charge on any atom is 0.267 e. The van der Waals surface area contributed by atoms with Gasteiger partial charge in [-0.2, -0.15) is 0 Å². The van der Waals surface area contributed by atoms with E-state index in [0.29, 0.717) is 12.1 Å². The van der Waals surface area contributed by atoms with Crippen molar-refractivity contribution in [2.24, 2.45) is 0 Å². The van der Waals surface area contributed by atoms with E-state index >= 15 is 0 Å². The van der Waals surface area contributed by atoms with E-state index in [4.69, 9.17) is 0 Å². The summed E-state index contributed by atoms with van der Waals surface area (Å²) < 4.78 is 0. The summed E-state index contributed by atoms with van der Waals surface area (Å²) >= 11 is 0. The van der Waals surface area contributed by atoms with Crippen molar-refractivity contribution in [2.45, 2.75) is 19.3 Å². The Bertz CT molecular complexity index is 800. The molecule has 0 saturated carbocycles. The first-order valence-electron chi connectivity index (χ1n) is 9.71. The highest BCUT2D eigenvalue weighted by Crippen LogP contribution is 2.08. The third-order valence-electron chi connectivity index (χ3n) is 4.69. The molecule has 146 valence electrons. The molecule has 3 rings (SSSR count). The minimum absolute atomic E-state index is 0.209. The highest BCUT2D eigenvalue weighted by molar-refractivity contribution is 6.05. The van der Waals surface area contributed by atoms with Crippen molar-refractivity contribution in [1.29, 1.82) is 0 Å². The predicted molar refractivity (Wildman–Crippen MR) is 109 cm³/mol. The minimum Gasteiger partial charge on any atom is -0.349 e. The minimum atomic E-state index is -0.318. The number of rotatable bonds is 7. The molecule has 1 aromatic heterocycles. The van der Waals surface area contributed by atoms with E-state index in [1.165, 1.54) is 19.3 Å². The first kappa shape index (κ1) is 19.8. The number of carbonyl (C=O) groups excluding carboxylic acids is 2. The van der Waals surface area contributed by atoms with E-state index in [9.17, 15) is 9.59 Å². The lowest BCUT2D eigenvalue weighted by Gasteiger charge is -2.26. The molecule has 0 spiro atoms. The summed E-state index contributed by atoms with van der Waals surface area (Å²) in [6.07, 6.45) is 8.67. The molecule has 1 aliphatic rings. The van der Waals surface area contributed by atoms with Crippen LogP contribution in [0.3, 0.4) is 0 Å². The second kappa shape index (κ2) is 10.4. The van der Waals surface area contributed by atoms with Crippen LogP contribution in [0.2, 0.25) is 0 Å². The summed E-state index contributed by atoms with van der Waals surface area (Å²) in [6.45, 7) is 3.53. The zero-order chi connectivity index (χ0) is 19.6. The second-order valence-electron chi connectivity index (χ2n) is 6.82. The van der Waals surface area contributed by atoms with E-state index in [1.807, 2.05) is 12.1 Å². The van der Waals surface area contributed by atoms with E-state index in [-0.39, 0.29) is 17.5 Å². The fourth-order valence-electron chi connectivity index (χ4n) is 3.18. The third kappa shape index (κ3) is 6.03. The highest BCUT2D eigenvalue weighted by Gasteiger charge is 2.15. The molecule has 2 heterocycles. The van der Waals surface area contributed by atoms with Crippen LogP contribution in [0.15, 0.2) is 60.6 Å². The van der Waals surface area contributed by atoms with Gasteiger partial charge in [-0.25, -0.2) is 0 Å². The number of piperidine rings is 1. The summed E-state index contributed by atoms with van der Waals surface area (Å²) in [5, 5.41) is 5.66. The van der Waals surface area contributed by atoms with E-state index < -0.39 is 0 Å². The van der Waals surface area contributed by atoms with Crippen LogP contribution in [0.1, 0.15) is 35.2 Å². The van der Waals surface area contributed by atoms with Gasteiger partial charge in [0.2, 0.25) is 0 Å². The topological polar surface area (TPSA) is 74.3 Å². The van der Waals surface area contributed by atoms with Crippen LogP contribution in [0.4, 0.5) is 0 Å². The zero-order valence-electron chi connectivity index (χ0n) is 15.9. The van der Waals surface area contributed by atoms with Gasteiger partial charge < -0.3 is 15.5 Å². The van der Waals surface area contributed by atoms with Crippen LogP contribution in [-0.2, 0) is 4.79 Å². The maximum atomic E-state index is 12.7. The van der Waals surface area contributed by atoms with E-state index in [1.54, 1.807) is 48.8 Å². The van der Waals surface area contributed by atoms with Crippen LogP contribution < -0.4 is 10.6 Å². The number of carbonyl (C=O) groups is 2. The molecule has 0 radical (unpaired) electrons. The number of nitrogens with zero attached hydrogens (tertiary/aromatic N) is 2. The summed E-state index contributed by atoms with van der Waals surface area (Å²) in [7, 11) is 0. The summed E-state index contributed by atoms with van der Waals surface area (Å²) in [5.74, 6) is -0.618. The first-order valence-corrected chi connectivity index (χ1v) is 9.71. The lowest BCUT2D eigenvalue weighted by molar-refractivity contribution is -0.117. The maximum absolute atomic E-state index is 12.7. The van der Waals surface area contributed by atoms with Crippen LogP contribution in [-0.4, -0.2) is 47.9 Å². The van der Waals surface area contributed by atoms with Gasteiger partial charge in [0.1, 0.15) is 5.70 Å². The molecule has 0 atom stereocenters. The number of nitrogens with one attached hydrogen (secondary N) is 2. The Balaban J connectivity index is 1.65. The molecule has 1 fully saturated rings. The van der Waals surface area contributed by atoms with Gasteiger partial charge in [-0.15, -0.1) is 0 Å². The molecule has 2 N–H and O–H groups in total. The molecule has 1 aliphatic heterocycles. The lowest BCUT2D eigenvalue weighted by atomic mass is 10.1. The molecule has 0 bridgehead atoms. The van der Waals surface area contributed by atoms with Crippen LogP contribution in [0.25, 0.3) is 6.08 Å². The fourth-order valence-corrected chi connectivity index (χ4v) is 3.18. The van der Waals surface area contributed by atoms with Crippen LogP contribution in [0, 0.1) is 0 Å². The number of amides is 2. The van der Waals surface area contributed by atoms with Crippen molar-refractivity contribution in [1.82, 2.24) is 20.5 Å². The molecular formula is C22H26N4O2. The van der Waals surface area contributed by atoms with Gasteiger partial charge in [-0.3, -0.25) is 14.6 Å². The molecule has 0 aliphatic carbocycles.